The normalized spacial score (nSPS) is 16.5. The lowest BCUT2D eigenvalue weighted by Gasteiger charge is -2.26. The minimum atomic E-state index is 0.671. The van der Waals surface area contributed by atoms with E-state index in [4.69, 9.17) is 0 Å². The molecule has 1 aliphatic heterocycles. The van der Waals surface area contributed by atoms with E-state index in [2.05, 4.69) is 49.1 Å². The highest BCUT2D eigenvalue weighted by Crippen LogP contribution is 2.08. The van der Waals surface area contributed by atoms with E-state index < -0.39 is 0 Å². The summed E-state index contributed by atoms with van der Waals surface area (Å²) in [6.45, 7) is 7.22. The summed E-state index contributed by atoms with van der Waals surface area (Å²) in [5, 5.41) is 6.74. The van der Waals surface area contributed by atoms with Crippen LogP contribution in [0.2, 0.25) is 0 Å². The molecule has 1 fully saturated rings. The van der Waals surface area contributed by atoms with E-state index in [1.54, 1.807) is 0 Å². The van der Waals surface area contributed by atoms with Gasteiger partial charge in [0.1, 0.15) is 5.65 Å². The van der Waals surface area contributed by atoms with Crippen LogP contribution in [0.1, 0.15) is 30.7 Å². The second-order valence-electron chi connectivity index (χ2n) is 6.38. The number of fused-ring (bicyclic) bond motifs is 1. The zero-order valence-corrected chi connectivity index (χ0v) is 14.8. The first-order valence-electron chi connectivity index (χ1n) is 8.87. The number of nitrogens with one attached hydrogen (secondary N) is 2. The van der Waals surface area contributed by atoms with E-state index in [9.17, 15) is 0 Å². The third-order valence-electron chi connectivity index (χ3n) is 4.58. The predicted molar refractivity (Wildman–Crippen MR) is 98.4 cm³/mol. The van der Waals surface area contributed by atoms with Gasteiger partial charge in [0.15, 0.2) is 5.96 Å². The van der Waals surface area contributed by atoms with E-state index in [1.165, 1.54) is 38.0 Å². The van der Waals surface area contributed by atoms with Crippen LogP contribution in [0.15, 0.2) is 29.4 Å². The summed E-state index contributed by atoms with van der Waals surface area (Å²) in [7, 11) is 1.81. The Morgan fingerprint density at radius 1 is 1.21 bits per heavy atom. The summed E-state index contributed by atoms with van der Waals surface area (Å²) >= 11 is 0. The number of imidazole rings is 1. The Bertz CT molecular complexity index is 684. The van der Waals surface area contributed by atoms with Crippen molar-refractivity contribution in [2.45, 2.75) is 32.7 Å². The van der Waals surface area contributed by atoms with Crippen LogP contribution >= 0.6 is 0 Å². The predicted octanol–water partition coefficient (Wildman–Crippen LogP) is 1.79. The fourth-order valence-corrected chi connectivity index (χ4v) is 3.19. The Morgan fingerprint density at radius 2 is 2.04 bits per heavy atom. The second kappa shape index (κ2) is 8.15. The van der Waals surface area contributed by atoms with Gasteiger partial charge in [-0.05, 0) is 45.0 Å². The van der Waals surface area contributed by atoms with Gasteiger partial charge < -0.3 is 19.9 Å². The highest BCUT2D eigenvalue weighted by Gasteiger charge is 2.09. The molecule has 1 aliphatic rings. The lowest BCUT2D eigenvalue weighted by molar-refractivity contribution is 0.232. The first kappa shape index (κ1) is 16.8. The SMILES string of the molecule is CN=C(NCCN1CCCCC1)NCc1cn2c(C)cccc2n1. The molecular formula is C18H28N6. The van der Waals surface area contributed by atoms with Crippen molar-refractivity contribution < 1.29 is 0 Å². The molecule has 0 saturated carbocycles. The van der Waals surface area contributed by atoms with Crippen molar-refractivity contribution in [3.8, 4) is 0 Å². The van der Waals surface area contributed by atoms with Crippen LogP contribution < -0.4 is 10.6 Å². The van der Waals surface area contributed by atoms with Crippen LogP contribution in [-0.2, 0) is 6.54 Å². The summed E-state index contributed by atoms with van der Waals surface area (Å²) in [5.41, 5.74) is 3.19. The summed E-state index contributed by atoms with van der Waals surface area (Å²) in [5.74, 6) is 0.834. The van der Waals surface area contributed by atoms with Crippen molar-refractivity contribution in [2.24, 2.45) is 4.99 Å². The fourth-order valence-electron chi connectivity index (χ4n) is 3.19. The van der Waals surface area contributed by atoms with E-state index in [1.807, 2.05) is 19.2 Å². The van der Waals surface area contributed by atoms with Crippen molar-refractivity contribution in [3.05, 3.63) is 35.8 Å². The Labute approximate surface area is 144 Å². The molecule has 24 heavy (non-hydrogen) atoms. The average molecular weight is 328 g/mol. The number of hydrogen-bond donors (Lipinski definition) is 2. The number of guanidine groups is 1. The van der Waals surface area contributed by atoms with Gasteiger partial charge in [-0.1, -0.05) is 12.5 Å². The zero-order valence-electron chi connectivity index (χ0n) is 14.8. The molecule has 1 saturated heterocycles. The van der Waals surface area contributed by atoms with E-state index in [-0.39, 0.29) is 0 Å². The van der Waals surface area contributed by atoms with E-state index >= 15 is 0 Å². The number of aromatic nitrogens is 2. The maximum Gasteiger partial charge on any atom is 0.191 e. The Hall–Kier alpha value is -2.08. The molecule has 0 spiro atoms. The molecule has 6 heteroatoms. The molecule has 0 unspecified atom stereocenters. The molecule has 0 amide bonds. The van der Waals surface area contributed by atoms with Gasteiger partial charge in [0.05, 0.1) is 12.2 Å². The minimum absolute atomic E-state index is 0.671. The Morgan fingerprint density at radius 3 is 2.79 bits per heavy atom. The van der Waals surface area contributed by atoms with Gasteiger partial charge in [-0.3, -0.25) is 4.99 Å². The summed E-state index contributed by atoms with van der Waals surface area (Å²) in [6, 6.07) is 6.16. The van der Waals surface area contributed by atoms with Gasteiger partial charge in [0, 0.05) is 32.0 Å². The van der Waals surface area contributed by atoms with Crippen molar-refractivity contribution in [1.82, 2.24) is 24.9 Å². The smallest absolute Gasteiger partial charge is 0.191 e. The average Bonchev–Trinajstić information content (AvgIpc) is 3.03. The second-order valence-corrected chi connectivity index (χ2v) is 6.38. The molecule has 2 aromatic rings. The highest BCUT2D eigenvalue weighted by molar-refractivity contribution is 5.79. The van der Waals surface area contributed by atoms with Crippen LogP contribution in [0.4, 0.5) is 0 Å². The molecule has 130 valence electrons. The van der Waals surface area contributed by atoms with Crippen molar-refractivity contribution in [3.63, 3.8) is 0 Å². The number of piperidine rings is 1. The zero-order chi connectivity index (χ0) is 16.8. The number of likely N-dealkylation sites (tertiary alicyclic amines) is 1. The van der Waals surface area contributed by atoms with Gasteiger partial charge in [-0.25, -0.2) is 4.98 Å². The summed E-state index contributed by atoms with van der Waals surface area (Å²) < 4.78 is 2.11. The quantitative estimate of drug-likeness (QED) is 0.649. The molecule has 6 nitrogen and oxygen atoms in total. The number of rotatable bonds is 5. The topological polar surface area (TPSA) is 57.0 Å². The fraction of sp³-hybridized carbons (Fsp3) is 0.556. The molecule has 2 N–H and O–H groups in total. The van der Waals surface area contributed by atoms with Crippen molar-refractivity contribution in [1.29, 1.82) is 0 Å². The number of aliphatic imine (C=N–C) groups is 1. The molecule has 0 radical (unpaired) electrons. The number of hydrogen-bond acceptors (Lipinski definition) is 3. The lowest BCUT2D eigenvalue weighted by Crippen LogP contribution is -2.42. The van der Waals surface area contributed by atoms with Crippen LogP contribution in [0.25, 0.3) is 5.65 Å². The summed E-state index contributed by atoms with van der Waals surface area (Å²) in [6.07, 6.45) is 6.13. The Kier molecular flexibility index (Phi) is 5.69. The largest absolute Gasteiger partial charge is 0.355 e. The monoisotopic (exact) mass is 328 g/mol. The molecule has 0 aromatic carbocycles. The van der Waals surface area contributed by atoms with Crippen LogP contribution in [0.3, 0.4) is 0 Å². The first-order chi connectivity index (χ1) is 11.8. The van der Waals surface area contributed by atoms with E-state index in [0.29, 0.717) is 6.54 Å². The molecule has 2 aromatic heterocycles. The van der Waals surface area contributed by atoms with Crippen molar-refractivity contribution >= 4 is 11.6 Å². The minimum Gasteiger partial charge on any atom is -0.355 e. The van der Waals surface area contributed by atoms with E-state index in [0.717, 1.165) is 30.4 Å². The van der Waals surface area contributed by atoms with Gasteiger partial charge in [0.2, 0.25) is 0 Å². The Balaban J connectivity index is 1.47. The highest BCUT2D eigenvalue weighted by atomic mass is 15.2. The maximum atomic E-state index is 4.64. The lowest BCUT2D eigenvalue weighted by atomic mass is 10.1. The molecule has 3 rings (SSSR count). The third-order valence-corrected chi connectivity index (χ3v) is 4.58. The van der Waals surface area contributed by atoms with Gasteiger partial charge in [0.25, 0.3) is 0 Å². The number of aryl methyl sites for hydroxylation is 1. The first-order valence-corrected chi connectivity index (χ1v) is 8.87. The van der Waals surface area contributed by atoms with Gasteiger partial charge >= 0.3 is 0 Å². The van der Waals surface area contributed by atoms with Crippen LogP contribution in [0, 0.1) is 6.92 Å². The van der Waals surface area contributed by atoms with Crippen LogP contribution in [0.5, 0.6) is 0 Å². The molecular weight excluding hydrogens is 300 g/mol. The van der Waals surface area contributed by atoms with Crippen LogP contribution in [-0.4, -0.2) is 53.5 Å². The van der Waals surface area contributed by atoms with Gasteiger partial charge in [-0.15, -0.1) is 0 Å². The maximum absolute atomic E-state index is 4.64. The number of pyridine rings is 1. The molecule has 0 aliphatic carbocycles. The molecule has 0 atom stereocenters. The molecule has 3 heterocycles. The van der Waals surface area contributed by atoms with Gasteiger partial charge in [-0.2, -0.15) is 0 Å². The standard InChI is InChI=1S/C18H28N6/c1-15-7-6-8-17-22-16(14-24(15)17)13-21-18(19-2)20-9-12-23-10-4-3-5-11-23/h6-8,14H,3-5,9-13H2,1-2H3,(H2,19,20,21). The van der Waals surface area contributed by atoms with Crippen molar-refractivity contribution in [2.75, 3.05) is 33.2 Å². The molecule has 0 bridgehead atoms. The summed E-state index contributed by atoms with van der Waals surface area (Å²) in [4.78, 5) is 11.5. The third kappa shape index (κ3) is 4.26. The number of nitrogens with zero attached hydrogens (tertiary/aromatic N) is 4.